The Bertz CT molecular complexity index is 652. The maximum absolute atomic E-state index is 12.4. The molecule has 2 aliphatic heterocycles. The van der Waals surface area contributed by atoms with Crippen LogP contribution in [0.25, 0.3) is 6.08 Å². The van der Waals surface area contributed by atoms with Gasteiger partial charge in [0.2, 0.25) is 0 Å². The largest absolute Gasteiger partial charge is 0.447 e. The molecule has 1 amide bonds. The van der Waals surface area contributed by atoms with Gasteiger partial charge in [0.1, 0.15) is 6.61 Å². The molecule has 3 aliphatic rings. The normalized spacial score (nSPS) is 28.5. The van der Waals surface area contributed by atoms with Gasteiger partial charge in [-0.3, -0.25) is 4.90 Å². The van der Waals surface area contributed by atoms with Crippen molar-refractivity contribution < 1.29 is 9.53 Å². The minimum atomic E-state index is -0.110. The summed E-state index contributed by atoms with van der Waals surface area (Å²) in [5, 5.41) is 0. The first-order valence-electron chi connectivity index (χ1n) is 10.7. The Morgan fingerprint density at radius 3 is 2.63 bits per heavy atom. The number of nitrogens with zero attached hydrogens (tertiary/aromatic N) is 2. The van der Waals surface area contributed by atoms with E-state index in [9.17, 15) is 4.79 Å². The van der Waals surface area contributed by atoms with E-state index in [2.05, 4.69) is 41.3 Å². The average molecular weight is 369 g/mol. The van der Waals surface area contributed by atoms with Crippen LogP contribution in [0.1, 0.15) is 50.5 Å². The Labute approximate surface area is 163 Å². The smallest absolute Gasteiger partial charge is 0.410 e. The Balaban J connectivity index is 1.44. The van der Waals surface area contributed by atoms with Crippen LogP contribution in [-0.4, -0.2) is 54.7 Å². The molecule has 0 radical (unpaired) electrons. The first-order valence-corrected chi connectivity index (χ1v) is 10.7. The molecule has 3 fully saturated rings. The predicted molar refractivity (Wildman–Crippen MR) is 109 cm³/mol. The third-order valence-electron chi connectivity index (χ3n) is 6.35. The monoisotopic (exact) mass is 368 g/mol. The summed E-state index contributed by atoms with van der Waals surface area (Å²) in [4.78, 5) is 17.0. The van der Waals surface area contributed by atoms with Crippen LogP contribution in [0.5, 0.6) is 0 Å². The molecule has 2 unspecified atom stereocenters. The fourth-order valence-electron chi connectivity index (χ4n) is 4.81. The average Bonchev–Trinajstić information content (AvgIpc) is 3.04. The summed E-state index contributed by atoms with van der Waals surface area (Å²) < 4.78 is 5.46. The number of carbonyl (C=O) groups excluding carboxylic acids is 1. The molecule has 1 aliphatic carbocycles. The summed E-state index contributed by atoms with van der Waals surface area (Å²) in [6.07, 6.45) is 11.0. The lowest BCUT2D eigenvalue weighted by molar-refractivity contribution is 0.144. The Morgan fingerprint density at radius 2 is 1.81 bits per heavy atom. The van der Waals surface area contributed by atoms with E-state index >= 15 is 0 Å². The lowest BCUT2D eigenvalue weighted by Gasteiger charge is -2.34. The zero-order valence-electron chi connectivity index (χ0n) is 16.3. The van der Waals surface area contributed by atoms with Crippen LogP contribution >= 0.6 is 0 Å². The summed E-state index contributed by atoms with van der Waals surface area (Å²) in [5.41, 5.74) is 2.78. The molecule has 1 saturated carbocycles. The van der Waals surface area contributed by atoms with E-state index in [1.165, 1.54) is 62.8 Å². The fraction of sp³-hybridized carbons (Fsp3) is 0.609. The van der Waals surface area contributed by atoms with Crippen LogP contribution in [0.3, 0.4) is 0 Å². The number of benzene rings is 1. The molecule has 0 spiro atoms. The van der Waals surface area contributed by atoms with Gasteiger partial charge in [-0.2, -0.15) is 0 Å². The number of hydrogen-bond acceptors (Lipinski definition) is 3. The number of rotatable bonds is 5. The van der Waals surface area contributed by atoms with E-state index in [4.69, 9.17) is 4.74 Å². The van der Waals surface area contributed by atoms with Gasteiger partial charge in [-0.15, -0.1) is 0 Å². The van der Waals surface area contributed by atoms with Gasteiger partial charge in [0.05, 0.1) is 6.04 Å². The molecule has 146 valence electrons. The molecule has 4 heteroatoms. The summed E-state index contributed by atoms with van der Waals surface area (Å²) in [7, 11) is 0. The second-order valence-electron chi connectivity index (χ2n) is 8.32. The van der Waals surface area contributed by atoms with Gasteiger partial charge >= 0.3 is 6.09 Å². The van der Waals surface area contributed by atoms with Crippen molar-refractivity contribution in [2.45, 2.75) is 51.0 Å². The van der Waals surface area contributed by atoms with E-state index in [-0.39, 0.29) is 12.1 Å². The lowest BCUT2D eigenvalue weighted by Crippen LogP contribution is -2.46. The van der Waals surface area contributed by atoms with Crippen LogP contribution in [0.15, 0.2) is 35.9 Å². The van der Waals surface area contributed by atoms with Gasteiger partial charge < -0.3 is 9.64 Å². The molecule has 1 aromatic rings. The number of ether oxygens (including phenoxy) is 1. The highest BCUT2D eigenvalue weighted by Crippen LogP contribution is 2.33. The molecular weight excluding hydrogens is 336 g/mol. The van der Waals surface area contributed by atoms with Gasteiger partial charge in [-0.05, 0) is 56.7 Å². The van der Waals surface area contributed by atoms with Crippen LogP contribution < -0.4 is 0 Å². The molecule has 2 saturated heterocycles. The molecule has 0 N–H and O–H groups in total. The Hall–Kier alpha value is -1.81. The van der Waals surface area contributed by atoms with Crippen LogP contribution in [0, 0.1) is 5.92 Å². The van der Waals surface area contributed by atoms with Gasteiger partial charge in [-0.1, -0.05) is 54.8 Å². The summed E-state index contributed by atoms with van der Waals surface area (Å²) in [5.74, 6) is 0.466. The number of likely N-dealkylation sites (tertiary alicyclic amines) is 1. The molecular formula is C23H32N2O2. The topological polar surface area (TPSA) is 32.8 Å². The molecule has 0 bridgehead atoms. The van der Waals surface area contributed by atoms with Crippen molar-refractivity contribution in [3.63, 3.8) is 0 Å². The van der Waals surface area contributed by atoms with Gasteiger partial charge in [0.25, 0.3) is 0 Å². The van der Waals surface area contributed by atoms with Crippen molar-refractivity contribution in [3.8, 4) is 0 Å². The van der Waals surface area contributed by atoms with E-state index in [0.29, 0.717) is 12.5 Å². The minimum Gasteiger partial charge on any atom is -0.447 e. The number of piperidine rings is 1. The molecule has 4 rings (SSSR count). The first-order chi connectivity index (χ1) is 13.3. The third-order valence-corrected chi connectivity index (χ3v) is 6.35. The van der Waals surface area contributed by atoms with E-state index in [0.717, 1.165) is 19.5 Å². The number of hydrogen-bond donors (Lipinski definition) is 0. The zero-order valence-corrected chi connectivity index (χ0v) is 16.3. The standard InChI is InChI=1S/C23H32N2O2/c26-23-25(22(18-27-23)17-24-13-7-2-8-14-24)16-21-12-6-5-11-20(21)15-19-9-3-1-4-10-19/h1,3-4,9-10,15,21-22H,2,5-8,11-14,16-18H2/b20-15-. The van der Waals surface area contributed by atoms with Gasteiger partial charge in [-0.25, -0.2) is 4.79 Å². The van der Waals surface area contributed by atoms with E-state index < -0.39 is 0 Å². The van der Waals surface area contributed by atoms with Crippen molar-refractivity contribution in [3.05, 3.63) is 41.5 Å². The second-order valence-corrected chi connectivity index (χ2v) is 8.32. The Kier molecular flexibility index (Phi) is 6.13. The Morgan fingerprint density at radius 1 is 1.00 bits per heavy atom. The number of amides is 1. The molecule has 2 heterocycles. The van der Waals surface area contributed by atoms with Crippen molar-refractivity contribution in [1.29, 1.82) is 0 Å². The second kappa shape index (κ2) is 8.92. The van der Waals surface area contributed by atoms with Crippen molar-refractivity contribution >= 4 is 12.2 Å². The highest BCUT2D eigenvalue weighted by atomic mass is 16.6. The van der Waals surface area contributed by atoms with Crippen molar-refractivity contribution in [2.24, 2.45) is 5.92 Å². The van der Waals surface area contributed by atoms with Crippen molar-refractivity contribution in [2.75, 3.05) is 32.8 Å². The first kappa shape index (κ1) is 18.5. The van der Waals surface area contributed by atoms with Crippen LogP contribution in [-0.2, 0) is 4.74 Å². The van der Waals surface area contributed by atoms with Crippen molar-refractivity contribution in [1.82, 2.24) is 9.80 Å². The SMILES string of the molecule is O=C1OCC(CN2CCCCC2)N1CC1CCCC/C1=C/c1ccccc1. The summed E-state index contributed by atoms with van der Waals surface area (Å²) in [6, 6.07) is 10.8. The molecule has 1 aromatic carbocycles. The molecule has 2 atom stereocenters. The van der Waals surface area contributed by atoms with Crippen LogP contribution in [0.2, 0.25) is 0 Å². The maximum atomic E-state index is 12.4. The lowest BCUT2D eigenvalue weighted by atomic mass is 9.82. The van der Waals surface area contributed by atoms with E-state index in [1.807, 2.05) is 4.90 Å². The quantitative estimate of drug-likeness (QED) is 0.763. The fourth-order valence-corrected chi connectivity index (χ4v) is 4.81. The maximum Gasteiger partial charge on any atom is 0.410 e. The zero-order chi connectivity index (χ0) is 18.5. The summed E-state index contributed by atoms with van der Waals surface area (Å²) >= 11 is 0. The number of cyclic esters (lactones) is 1. The highest BCUT2D eigenvalue weighted by molar-refractivity contribution is 5.70. The van der Waals surface area contributed by atoms with E-state index in [1.54, 1.807) is 0 Å². The van der Waals surface area contributed by atoms with Gasteiger partial charge in [0.15, 0.2) is 0 Å². The summed E-state index contributed by atoms with van der Waals surface area (Å²) in [6.45, 7) is 4.67. The third kappa shape index (κ3) is 4.73. The predicted octanol–water partition coefficient (Wildman–Crippen LogP) is 4.57. The van der Waals surface area contributed by atoms with Crippen LogP contribution in [0.4, 0.5) is 4.79 Å². The number of carbonyl (C=O) groups is 1. The molecule has 0 aromatic heterocycles. The molecule has 27 heavy (non-hydrogen) atoms. The minimum absolute atomic E-state index is 0.110. The highest BCUT2D eigenvalue weighted by Gasteiger charge is 2.36. The van der Waals surface area contributed by atoms with Gasteiger partial charge in [0, 0.05) is 13.1 Å². The molecule has 4 nitrogen and oxygen atoms in total.